The van der Waals surface area contributed by atoms with Crippen LogP contribution in [0.15, 0.2) is 36.4 Å². The zero-order valence-electron chi connectivity index (χ0n) is 20.3. The van der Waals surface area contributed by atoms with Gasteiger partial charge in [0.1, 0.15) is 22.9 Å². The third kappa shape index (κ3) is 5.05. The molecular weight excluding hydrogens is 435 g/mol. The number of aromatic nitrogens is 2. The number of ether oxygens (including phenoxy) is 2. The van der Waals surface area contributed by atoms with Crippen LogP contribution in [0.1, 0.15) is 39.2 Å². The second-order valence-electron chi connectivity index (χ2n) is 9.67. The van der Waals surface area contributed by atoms with Crippen LogP contribution in [0.2, 0.25) is 0 Å². The standard InChI is InChI=1S/C26H31FN4O3/c1-16-11-12-18(21(14-16)33-5)23-22-19(9-6-10-20(22)27)24(30-29-23)28-17-8-7-13-31(15-17)25(32)34-26(2,3)4/h6,9-12,14,17H,7-8,13,15H2,1-5H3,(H,28,30)/t17-/m1/s1. The van der Waals surface area contributed by atoms with E-state index in [4.69, 9.17) is 9.47 Å². The highest BCUT2D eigenvalue weighted by Crippen LogP contribution is 2.37. The fourth-order valence-corrected chi connectivity index (χ4v) is 4.24. The minimum atomic E-state index is -0.552. The molecule has 0 saturated carbocycles. The Balaban J connectivity index is 1.66. The van der Waals surface area contributed by atoms with Crippen molar-refractivity contribution in [2.75, 3.05) is 25.5 Å². The molecule has 1 fully saturated rings. The van der Waals surface area contributed by atoms with Crippen LogP contribution in [0, 0.1) is 12.7 Å². The Hall–Kier alpha value is -3.42. The van der Waals surface area contributed by atoms with E-state index >= 15 is 4.39 Å². The summed E-state index contributed by atoms with van der Waals surface area (Å²) >= 11 is 0. The summed E-state index contributed by atoms with van der Waals surface area (Å²) in [5, 5.41) is 13.2. The number of rotatable bonds is 4. The lowest BCUT2D eigenvalue weighted by atomic mass is 10.0. The number of nitrogens with one attached hydrogen (secondary N) is 1. The highest BCUT2D eigenvalue weighted by Gasteiger charge is 2.28. The first-order chi connectivity index (χ1) is 16.2. The van der Waals surface area contributed by atoms with E-state index in [0.717, 1.165) is 18.4 Å². The summed E-state index contributed by atoms with van der Waals surface area (Å²) in [7, 11) is 1.58. The van der Waals surface area contributed by atoms with E-state index in [1.807, 2.05) is 52.0 Å². The van der Waals surface area contributed by atoms with Crippen molar-refractivity contribution >= 4 is 22.7 Å². The molecule has 8 heteroatoms. The topological polar surface area (TPSA) is 76.6 Å². The average Bonchev–Trinajstić information content (AvgIpc) is 2.79. The van der Waals surface area contributed by atoms with Crippen molar-refractivity contribution < 1.29 is 18.7 Å². The summed E-state index contributed by atoms with van der Waals surface area (Å²) < 4.78 is 26.2. The fraction of sp³-hybridized carbons (Fsp3) is 0.423. The zero-order chi connectivity index (χ0) is 24.5. The number of likely N-dealkylation sites (tertiary alicyclic amines) is 1. The van der Waals surface area contributed by atoms with E-state index in [1.165, 1.54) is 6.07 Å². The molecular formula is C26H31FN4O3. The minimum absolute atomic E-state index is 0.0539. The van der Waals surface area contributed by atoms with Gasteiger partial charge < -0.3 is 19.7 Å². The first kappa shape index (κ1) is 23.7. The molecule has 4 rings (SSSR count). The fourth-order valence-electron chi connectivity index (χ4n) is 4.24. The summed E-state index contributed by atoms with van der Waals surface area (Å²) in [6.07, 6.45) is 1.35. The number of carbonyl (C=O) groups excluding carboxylic acids is 1. The molecule has 1 atom stereocenters. The molecule has 34 heavy (non-hydrogen) atoms. The third-order valence-corrected chi connectivity index (χ3v) is 5.78. The number of methoxy groups -OCH3 is 1. The van der Waals surface area contributed by atoms with Crippen LogP contribution < -0.4 is 10.1 Å². The van der Waals surface area contributed by atoms with Gasteiger partial charge in [-0.05, 0) is 64.3 Å². The molecule has 180 valence electrons. The predicted octanol–water partition coefficient (Wildman–Crippen LogP) is 5.56. The molecule has 1 aliphatic heterocycles. The van der Waals surface area contributed by atoms with Crippen molar-refractivity contribution in [1.82, 2.24) is 15.1 Å². The molecule has 0 unspecified atom stereocenters. The number of halogens is 1. The Kier molecular flexibility index (Phi) is 6.59. The average molecular weight is 467 g/mol. The Morgan fingerprint density at radius 1 is 1.21 bits per heavy atom. The number of hydrogen-bond donors (Lipinski definition) is 1. The van der Waals surface area contributed by atoms with Gasteiger partial charge in [-0.3, -0.25) is 0 Å². The number of piperidine rings is 1. The van der Waals surface area contributed by atoms with E-state index in [9.17, 15) is 4.79 Å². The Labute approximate surface area is 199 Å². The number of aryl methyl sites for hydroxylation is 1. The van der Waals surface area contributed by atoms with Crippen molar-refractivity contribution in [3.63, 3.8) is 0 Å². The minimum Gasteiger partial charge on any atom is -0.496 e. The first-order valence-electron chi connectivity index (χ1n) is 11.5. The first-order valence-corrected chi connectivity index (χ1v) is 11.5. The molecule has 1 amide bonds. The van der Waals surface area contributed by atoms with Crippen molar-refractivity contribution in [3.8, 4) is 17.0 Å². The van der Waals surface area contributed by atoms with Crippen LogP contribution in [-0.4, -0.2) is 53.0 Å². The maximum absolute atomic E-state index is 15.1. The molecule has 1 aliphatic rings. The molecule has 2 heterocycles. The lowest BCUT2D eigenvalue weighted by Crippen LogP contribution is -2.47. The normalized spacial score (nSPS) is 16.4. The van der Waals surface area contributed by atoms with Gasteiger partial charge in [0.25, 0.3) is 0 Å². The highest BCUT2D eigenvalue weighted by molar-refractivity contribution is 6.01. The van der Waals surface area contributed by atoms with Crippen LogP contribution in [0.3, 0.4) is 0 Å². The van der Waals surface area contributed by atoms with E-state index < -0.39 is 5.60 Å². The predicted molar refractivity (Wildman–Crippen MR) is 131 cm³/mol. The second kappa shape index (κ2) is 9.44. The largest absolute Gasteiger partial charge is 0.496 e. The van der Waals surface area contributed by atoms with Crippen molar-refractivity contribution in [2.24, 2.45) is 0 Å². The van der Waals surface area contributed by atoms with Crippen LogP contribution in [0.5, 0.6) is 5.75 Å². The van der Waals surface area contributed by atoms with Crippen LogP contribution in [-0.2, 0) is 4.74 Å². The molecule has 0 aliphatic carbocycles. The van der Waals surface area contributed by atoms with E-state index in [1.54, 1.807) is 18.1 Å². The lowest BCUT2D eigenvalue weighted by molar-refractivity contribution is 0.0206. The van der Waals surface area contributed by atoms with Gasteiger partial charge in [0.15, 0.2) is 5.82 Å². The number of benzene rings is 2. The van der Waals surface area contributed by atoms with Gasteiger partial charge in [0.05, 0.1) is 7.11 Å². The number of anilines is 1. The van der Waals surface area contributed by atoms with Gasteiger partial charge in [0, 0.05) is 35.5 Å². The second-order valence-corrected chi connectivity index (χ2v) is 9.67. The van der Waals surface area contributed by atoms with Gasteiger partial charge >= 0.3 is 6.09 Å². The Morgan fingerprint density at radius 3 is 2.74 bits per heavy atom. The SMILES string of the molecule is COc1cc(C)ccc1-c1nnc(N[C@@H]2CCCN(C(=O)OC(C)(C)C)C2)c2cccc(F)c12. The summed E-state index contributed by atoms with van der Waals surface area (Å²) in [6.45, 7) is 8.64. The van der Waals surface area contributed by atoms with Gasteiger partial charge in [0.2, 0.25) is 0 Å². The maximum atomic E-state index is 15.1. The molecule has 3 aromatic rings. The van der Waals surface area contributed by atoms with Crippen molar-refractivity contribution in [3.05, 3.63) is 47.8 Å². The van der Waals surface area contributed by atoms with E-state index in [-0.39, 0.29) is 18.0 Å². The molecule has 0 spiro atoms. The monoisotopic (exact) mass is 466 g/mol. The van der Waals surface area contributed by atoms with Crippen molar-refractivity contribution in [2.45, 2.75) is 52.2 Å². The molecule has 1 aromatic heterocycles. The molecule has 1 N–H and O–H groups in total. The summed E-state index contributed by atoms with van der Waals surface area (Å²) in [5.41, 5.74) is 1.58. The molecule has 1 saturated heterocycles. The van der Waals surface area contributed by atoms with Gasteiger partial charge in [-0.2, -0.15) is 0 Å². The summed E-state index contributed by atoms with van der Waals surface area (Å²) in [6, 6.07) is 10.6. The number of fused-ring (bicyclic) bond motifs is 1. The smallest absolute Gasteiger partial charge is 0.410 e. The van der Waals surface area contributed by atoms with Crippen molar-refractivity contribution in [1.29, 1.82) is 0 Å². The highest BCUT2D eigenvalue weighted by atomic mass is 19.1. The van der Waals surface area contributed by atoms with Crippen LogP contribution in [0.25, 0.3) is 22.0 Å². The third-order valence-electron chi connectivity index (χ3n) is 5.78. The van der Waals surface area contributed by atoms with Gasteiger partial charge in [-0.1, -0.05) is 18.2 Å². The zero-order valence-corrected chi connectivity index (χ0v) is 20.3. The van der Waals surface area contributed by atoms with Crippen LogP contribution >= 0.6 is 0 Å². The van der Waals surface area contributed by atoms with E-state index in [2.05, 4.69) is 15.5 Å². The molecule has 0 radical (unpaired) electrons. The molecule has 7 nitrogen and oxygen atoms in total. The number of carbonyl (C=O) groups is 1. The lowest BCUT2D eigenvalue weighted by Gasteiger charge is -2.34. The summed E-state index contributed by atoms with van der Waals surface area (Å²) in [5.74, 6) is 0.715. The number of hydrogen-bond acceptors (Lipinski definition) is 6. The van der Waals surface area contributed by atoms with Gasteiger partial charge in [-0.15, -0.1) is 10.2 Å². The quantitative estimate of drug-likeness (QED) is 0.542. The van der Waals surface area contributed by atoms with Crippen LogP contribution in [0.4, 0.5) is 15.0 Å². The Morgan fingerprint density at radius 2 is 2.00 bits per heavy atom. The molecule has 2 aromatic carbocycles. The number of amides is 1. The van der Waals surface area contributed by atoms with E-state index in [0.29, 0.717) is 46.7 Å². The maximum Gasteiger partial charge on any atom is 0.410 e. The Bertz CT molecular complexity index is 1210. The number of nitrogens with zero attached hydrogens (tertiary/aromatic N) is 3. The summed E-state index contributed by atoms with van der Waals surface area (Å²) in [4.78, 5) is 14.2. The van der Waals surface area contributed by atoms with Gasteiger partial charge in [-0.25, -0.2) is 9.18 Å². The molecule has 0 bridgehead atoms.